The van der Waals surface area contributed by atoms with Crippen LogP contribution in [0.3, 0.4) is 0 Å². The van der Waals surface area contributed by atoms with Gasteiger partial charge in [-0.2, -0.15) is 0 Å². The highest BCUT2D eigenvalue weighted by Gasteiger charge is 2.34. The molecule has 1 amide bonds. The number of hydrogen-bond donors (Lipinski definition) is 1. The highest BCUT2D eigenvalue weighted by molar-refractivity contribution is 5.68. The van der Waals surface area contributed by atoms with Crippen molar-refractivity contribution in [3.05, 3.63) is 0 Å². The van der Waals surface area contributed by atoms with Crippen LogP contribution in [0.2, 0.25) is 0 Å². The maximum Gasteiger partial charge on any atom is 0.410 e. The molecule has 2 aliphatic carbocycles. The summed E-state index contributed by atoms with van der Waals surface area (Å²) in [5.41, 5.74) is -0.432. The van der Waals surface area contributed by atoms with Gasteiger partial charge in [0.25, 0.3) is 0 Å². The molecule has 0 heterocycles. The van der Waals surface area contributed by atoms with Crippen LogP contribution >= 0.6 is 0 Å². The Kier molecular flexibility index (Phi) is 6.35. The lowest BCUT2D eigenvalue weighted by Crippen LogP contribution is -2.46. The maximum absolute atomic E-state index is 12.3. The Hall–Kier alpha value is -0.770. The monoisotopic (exact) mass is 324 g/mol. The fraction of sp³-hybridized carbons (Fsp3) is 0.947. The molecule has 1 N–H and O–H groups in total. The molecular formula is C19H36N2O2. The van der Waals surface area contributed by atoms with Crippen LogP contribution in [-0.4, -0.2) is 41.8 Å². The summed E-state index contributed by atoms with van der Waals surface area (Å²) in [5.74, 6) is 1.97. The van der Waals surface area contributed by atoms with Gasteiger partial charge in [-0.3, -0.25) is 0 Å². The highest BCUT2D eigenvalue weighted by Crippen LogP contribution is 2.43. The third kappa shape index (κ3) is 6.33. The topological polar surface area (TPSA) is 41.6 Å². The van der Waals surface area contributed by atoms with E-state index in [1.165, 1.54) is 38.5 Å². The second-order valence-corrected chi connectivity index (χ2v) is 8.68. The Morgan fingerprint density at radius 1 is 1.17 bits per heavy atom. The normalized spacial score (nSPS) is 25.5. The van der Waals surface area contributed by atoms with Gasteiger partial charge >= 0.3 is 6.09 Å². The van der Waals surface area contributed by atoms with Crippen molar-refractivity contribution < 1.29 is 9.53 Å². The number of carbonyl (C=O) groups is 1. The number of hydrogen-bond acceptors (Lipinski definition) is 3. The van der Waals surface area contributed by atoms with Crippen LogP contribution in [0.15, 0.2) is 0 Å². The quantitative estimate of drug-likeness (QED) is 0.796. The summed E-state index contributed by atoms with van der Waals surface area (Å²) >= 11 is 0. The molecule has 2 fully saturated rings. The van der Waals surface area contributed by atoms with Gasteiger partial charge in [0.2, 0.25) is 0 Å². The van der Waals surface area contributed by atoms with Crippen LogP contribution in [0.25, 0.3) is 0 Å². The minimum absolute atomic E-state index is 0.164. The second kappa shape index (κ2) is 7.87. The number of nitrogens with one attached hydrogen (secondary N) is 1. The van der Waals surface area contributed by atoms with Gasteiger partial charge in [-0.25, -0.2) is 4.79 Å². The van der Waals surface area contributed by atoms with Crippen molar-refractivity contribution in [3.63, 3.8) is 0 Å². The van der Waals surface area contributed by atoms with Crippen LogP contribution in [0, 0.1) is 11.8 Å². The zero-order valence-electron chi connectivity index (χ0n) is 15.7. The van der Waals surface area contributed by atoms with Crippen LogP contribution < -0.4 is 5.32 Å². The summed E-state index contributed by atoms with van der Waals surface area (Å²) in [4.78, 5) is 14.1. The first kappa shape index (κ1) is 18.6. The lowest BCUT2D eigenvalue weighted by atomic mass is 9.83. The molecule has 2 saturated carbocycles. The van der Waals surface area contributed by atoms with Gasteiger partial charge in [0.15, 0.2) is 0 Å². The van der Waals surface area contributed by atoms with Gasteiger partial charge < -0.3 is 15.0 Å². The number of ether oxygens (including phenoxy) is 1. The first-order valence-electron chi connectivity index (χ1n) is 9.49. The summed E-state index contributed by atoms with van der Waals surface area (Å²) in [6.07, 6.45) is 8.12. The first-order chi connectivity index (χ1) is 10.8. The van der Waals surface area contributed by atoms with Crippen molar-refractivity contribution in [2.75, 3.05) is 13.1 Å². The molecule has 0 bridgehead atoms. The Morgan fingerprint density at radius 3 is 2.43 bits per heavy atom. The molecular weight excluding hydrogens is 288 g/mol. The third-order valence-electron chi connectivity index (χ3n) is 5.04. The van der Waals surface area contributed by atoms with Crippen LogP contribution in [0.1, 0.15) is 73.1 Å². The number of amides is 1. The van der Waals surface area contributed by atoms with Crippen LogP contribution in [-0.2, 0) is 4.74 Å². The predicted molar refractivity (Wildman–Crippen MR) is 94.5 cm³/mol. The Bertz CT molecular complexity index is 385. The van der Waals surface area contributed by atoms with Crippen LogP contribution in [0.5, 0.6) is 0 Å². The Labute approximate surface area is 142 Å². The maximum atomic E-state index is 12.3. The fourth-order valence-electron chi connectivity index (χ4n) is 3.68. The van der Waals surface area contributed by atoms with E-state index < -0.39 is 5.60 Å². The largest absolute Gasteiger partial charge is 0.444 e. The molecule has 0 saturated heterocycles. The zero-order valence-corrected chi connectivity index (χ0v) is 15.7. The molecule has 4 heteroatoms. The lowest BCUT2D eigenvalue weighted by molar-refractivity contribution is 0.0191. The summed E-state index contributed by atoms with van der Waals surface area (Å²) in [6.45, 7) is 11.4. The molecule has 2 rings (SSSR count). The van der Waals surface area contributed by atoms with Crippen molar-refractivity contribution >= 4 is 6.09 Å². The molecule has 4 nitrogen and oxygen atoms in total. The summed E-state index contributed by atoms with van der Waals surface area (Å²) in [5, 5.41) is 3.69. The van der Waals surface area contributed by atoms with Gasteiger partial charge in [0, 0.05) is 25.2 Å². The second-order valence-electron chi connectivity index (χ2n) is 8.68. The van der Waals surface area contributed by atoms with Gasteiger partial charge in [-0.1, -0.05) is 12.8 Å². The van der Waals surface area contributed by atoms with Gasteiger partial charge in [-0.05, 0) is 72.1 Å². The van der Waals surface area contributed by atoms with E-state index in [-0.39, 0.29) is 12.1 Å². The van der Waals surface area contributed by atoms with E-state index in [2.05, 4.69) is 5.32 Å². The molecule has 2 aliphatic rings. The standard InChI is InChI=1S/C19H36N2O2/c1-14(2)21(18(22)23-19(3,4)5)12-11-20-17-8-6-7-16(13-17)15-9-10-15/h14-17,20H,6-13H2,1-5H3. The SMILES string of the molecule is CC(C)N(CCNC1CCCC(C2CC2)C1)C(=O)OC(C)(C)C. The van der Waals surface area contributed by atoms with Crippen molar-refractivity contribution in [1.29, 1.82) is 0 Å². The predicted octanol–water partition coefficient (Wildman–Crippen LogP) is 4.19. The Balaban J connectivity index is 1.74. The molecule has 0 aromatic heterocycles. The molecule has 2 unspecified atom stereocenters. The zero-order chi connectivity index (χ0) is 17.0. The van der Waals surface area contributed by atoms with E-state index >= 15 is 0 Å². The minimum atomic E-state index is -0.432. The third-order valence-corrected chi connectivity index (χ3v) is 5.04. The molecule has 134 valence electrons. The summed E-state index contributed by atoms with van der Waals surface area (Å²) < 4.78 is 5.52. The molecule has 23 heavy (non-hydrogen) atoms. The van der Waals surface area contributed by atoms with E-state index in [1.54, 1.807) is 0 Å². The molecule has 0 spiro atoms. The smallest absolute Gasteiger partial charge is 0.410 e. The van der Waals surface area contributed by atoms with E-state index in [0.29, 0.717) is 6.04 Å². The number of nitrogens with zero attached hydrogens (tertiary/aromatic N) is 1. The number of rotatable bonds is 6. The fourth-order valence-corrected chi connectivity index (χ4v) is 3.68. The van der Waals surface area contributed by atoms with E-state index in [4.69, 9.17) is 4.74 Å². The van der Waals surface area contributed by atoms with Crippen molar-refractivity contribution in [2.45, 2.75) is 90.8 Å². The molecule has 0 radical (unpaired) electrons. The summed E-state index contributed by atoms with van der Waals surface area (Å²) in [7, 11) is 0. The average molecular weight is 325 g/mol. The molecule has 0 aromatic rings. The first-order valence-corrected chi connectivity index (χ1v) is 9.49. The average Bonchev–Trinajstić information content (AvgIpc) is 3.26. The van der Waals surface area contributed by atoms with E-state index in [0.717, 1.165) is 24.9 Å². The number of carbonyl (C=O) groups excluding carboxylic acids is 1. The molecule has 0 aromatic carbocycles. The van der Waals surface area contributed by atoms with Crippen LogP contribution in [0.4, 0.5) is 4.79 Å². The summed E-state index contributed by atoms with van der Waals surface area (Å²) in [6, 6.07) is 0.805. The van der Waals surface area contributed by atoms with E-state index in [9.17, 15) is 4.79 Å². The molecule has 0 aliphatic heterocycles. The Morgan fingerprint density at radius 2 is 1.87 bits per heavy atom. The van der Waals surface area contributed by atoms with Gasteiger partial charge in [0.1, 0.15) is 5.60 Å². The molecule has 2 atom stereocenters. The van der Waals surface area contributed by atoms with Crippen molar-refractivity contribution in [2.24, 2.45) is 11.8 Å². The van der Waals surface area contributed by atoms with Crippen molar-refractivity contribution in [3.8, 4) is 0 Å². The minimum Gasteiger partial charge on any atom is -0.444 e. The van der Waals surface area contributed by atoms with Crippen molar-refractivity contribution in [1.82, 2.24) is 10.2 Å². The lowest BCUT2D eigenvalue weighted by Gasteiger charge is -2.33. The van der Waals surface area contributed by atoms with Gasteiger partial charge in [-0.15, -0.1) is 0 Å². The van der Waals surface area contributed by atoms with E-state index in [1.807, 2.05) is 39.5 Å². The highest BCUT2D eigenvalue weighted by atomic mass is 16.6. The van der Waals surface area contributed by atoms with Gasteiger partial charge in [0.05, 0.1) is 0 Å².